The van der Waals surface area contributed by atoms with E-state index in [1.54, 1.807) is 7.11 Å². The van der Waals surface area contributed by atoms with Crippen molar-refractivity contribution in [3.8, 4) is 5.75 Å². The number of urea groups is 1. The van der Waals surface area contributed by atoms with Crippen LogP contribution in [0, 0.1) is 5.92 Å². The number of amides is 2. The van der Waals surface area contributed by atoms with Gasteiger partial charge in [0.1, 0.15) is 5.75 Å². The van der Waals surface area contributed by atoms with Crippen LogP contribution in [0.15, 0.2) is 84.9 Å². The second-order valence-corrected chi connectivity index (χ2v) is 9.82. The third kappa shape index (κ3) is 5.82. The van der Waals surface area contributed by atoms with Crippen LogP contribution >= 0.6 is 0 Å². The van der Waals surface area contributed by atoms with E-state index in [0.29, 0.717) is 12.5 Å². The van der Waals surface area contributed by atoms with Gasteiger partial charge >= 0.3 is 6.03 Å². The Hall–Kier alpha value is -3.51. The number of carbonyl (C=O) groups is 1. The largest absolute Gasteiger partial charge is 0.497 e. The Morgan fingerprint density at radius 3 is 2.33 bits per heavy atom. The van der Waals surface area contributed by atoms with Gasteiger partial charge in [0.25, 0.3) is 0 Å². The Kier molecular flexibility index (Phi) is 7.72. The molecule has 2 saturated heterocycles. The highest BCUT2D eigenvalue weighted by atomic mass is 16.5. The third-order valence-corrected chi connectivity index (χ3v) is 7.52. The van der Waals surface area contributed by atoms with E-state index in [4.69, 9.17) is 4.74 Å². The second-order valence-electron chi connectivity index (χ2n) is 9.82. The zero-order valence-electron chi connectivity index (χ0n) is 21.1. The molecule has 2 aliphatic rings. The number of piperazine rings is 1. The van der Waals surface area contributed by atoms with Crippen molar-refractivity contribution < 1.29 is 9.53 Å². The number of para-hydroxylation sites is 1. The number of hydrogen-bond acceptors (Lipinski definition) is 4. The van der Waals surface area contributed by atoms with E-state index in [0.717, 1.165) is 57.1 Å². The summed E-state index contributed by atoms with van der Waals surface area (Å²) >= 11 is 0. The van der Waals surface area contributed by atoms with Gasteiger partial charge in [-0.1, -0.05) is 60.7 Å². The molecule has 1 N–H and O–H groups in total. The predicted molar refractivity (Wildman–Crippen MR) is 145 cm³/mol. The number of carbonyl (C=O) groups excluding carboxylic acids is 1. The quantitative estimate of drug-likeness (QED) is 0.539. The summed E-state index contributed by atoms with van der Waals surface area (Å²) in [5.41, 5.74) is 3.66. The van der Waals surface area contributed by atoms with Crippen LogP contribution in [0.5, 0.6) is 5.75 Å². The number of anilines is 1. The zero-order valence-corrected chi connectivity index (χ0v) is 21.1. The van der Waals surface area contributed by atoms with Crippen LogP contribution in [0.1, 0.15) is 17.0 Å². The number of nitrogens with zero attached hydrogens (tertiary/aromatic N) is 3. The highest BCUT2D eigenvalue weighted by molar-refractivity contribution is 5.74. The first-order chi connectivity index (χ1) is 17.7. The van der Waals surface area contributed by atoms with Crippen molar-refractivity contribution in [2.45, 2.75) is 12.5 Å². The van der Waals surface area contributed by atoms with Crippen molar-refractivity contribution in [1.82, 2.24) is 15.1 Å². The Balaban J connectivity index is 1.24. The first kappa shape index (κ1) is 24.2. The second kappa shape index (κ2) is 11.5. The van der Waals surface area contributed by atoms with Crippen LogP contribution in [0.4, 0.5) is 10.5 Å². The van der Waals surface area contributed by atoms with Gasteiger partial charge in [-0.15, -0.1) is 0 Å². The van der Waals surface area contributed by atoms with E-state index < -0.39 is 0 Å². The predicted octanol–water partition coefficient (Wildman–Crippen LogP) is 4.44. The van der Waals surface area contributed by atoms with E-state index in [-0.39, 0.29) is 11.9 Å². The molecule has 6 heteroatoms. The molecule has 2 heterocycles. The van der Waals surface area contributed by atoms with Crippen molar-refractivity contribution in [2.75, 3.05) is 57.8 Å². The summed E-state index contributed by atoms with van der Waals surface area (Å²) in [6, 6.07) is 29.1. The minimum absolute atomic E-state index is 0.0168. The van der Waals surface area contributed by atoms with Crippen LogP contribution < -0.4 is 15.0 Å². The average Bonchev–Trinajstić information content (AvgIpc) is 3.37. The number of benzene rings is 3. The molecule has 5 rings (SSSR count). The molecule has 0 bridgehead atoms. The summed E-state index contributed by atoms with van der Waals surface area (Å²) in [4.78, 5) is 20.2. The van der Waals surface area contributed by atoms with Crippen molar-refractivity contribution >= 4 is 11.7 Å². The molecule has 2 unspecified atom stereocenters. The molecule has 6 nitrogen and oxygen atoms in total. The lowest BCUT2D eigenvalue weighted by molar-refractivity contribution is 0.197. The van der Waals surface area contributed by atoms with Gasteiger partial charge < -0.3 is 19.9 Å². The molecule has 188 valence electrons. The Morgan fingerprint density at radius 1 is 0.889 bits per heavy atom. The summed E-state index contributed by atoms with van der Waals surface area (Å²) in [6.07, 6.45) is 0. The van der Waals surface area contributed by atoms with Crippen LogP contribution in [-0.2, 0) is 6.54 Å². The summed E-state index contributed by atoms with van der Waals surface area (Å²) in [5.74, 6) is 1.53. The summed E-state index contributed by atoms with van der Waals surface area (Å²) in [6.45, 7) is 7.17. The number of nitrogens with one attached hydrogen (secondary N) is 1. The molecule has 0 saturated carbocycles. The third-order valence-electron chi connectivity index (χ3n) is 7.52. The lowest BCUT2D eigenvalue weighted by Crippen LogP contribution is -2.48. The molecule has 2 atom stereocenters. The molecule has 3 aromatic rings. The Labute approximate surface area is 214 Å². The average molecular weight is 485 g/mol. The Bertz CT molecular complexity index is 1120. The molecule has 3 aromatic carbocycles. The van der Waals surface area contributed by atoms with E-state index in [2.05, 4.69) is 63.6 Å². The fraction of sp³-hybridized carbons (Fsp3) is 0.367. The van der Waals surface area contributed by atoms with Gasteiger partial charge in [0.15, 0.2) is 0 Å². The summed E-state index contributed by atoms with van der Waals surface area (Å²) in [5, 5.41) is 3.13. The van der Waals surface area contributed by atoms with Gasteiger partial charge in [0.2, 0.25) is 0 Å². The first-order valence-electron chi connectivity index (χ1n) is 12.9. The molecular weight excluding hydrogens is 448 g/mol. The van der Waals surface area contributed by atoms with Crippen LogP contribution in [0.3, 0.4) is 0 Å². The summed E-state index contributed by atoms with van der Waals surface area (Å²) < 4.78 is 5.51. The number of methoxy groups -OCH3 is 1. The lowest BCUT2D eigenvalue weighted by atomic mass is 9.88. The Morgan fingerprint density at radius 2 is 1.61 bits per heavy atom. The van der Waals surface area contributed by atoms with Gasteiger partial charge in [-0.3, -0.25) is 4.90 Å². The molecule has 0 aliphatic carbocycles. The highest BCUT2D eigenvalue weighted by Crippen LogP contribution is 2.35. The van der Waals surface area contributed by atoms with Gasteiger partial charge in [-0.2, -0.15) is 0 Å². The fourth-order valence-electron chi connectivity index (χ4n) is 5.52. The monoisotopic (exact) mass is 484 g/mol. The molecule has 36 heavy (non-hydrogen) atoms. The van der Waals surface area contributed by atoms with Crippen LogP contribution in [0.25, 0.3) is 0 Å². The van der Waals surface area contributed by atoms with E-state index in [1.165, 1.54) is 11.3 Å². The van der Waals surface area contributed by atoms with Crippen molar-refractivity contribution in [3.05, 3.63) is 96.1 Å². The van der Waals surface area contributed by atoms with Gasteiger partial charge in [-0.25, -0.2) is 4.79 Å². The topological polar surface area (TPSA) is 48.1 Å². The first-order valence-corrected chi connectivity index (χ1v) is 12.9. The smallest absolute Gasteiger partial charge is 0.317 e. The maximum absolute atomic E-state index is 13.1. The number of likely N-dealkylation sites (tertiary alicyclic amines) is 1. The van der Waals surface area contributed by atoms with Gasteiger partial charge in [0, 0.05) is 64.0 Å². The summed E-state index contributed by atoms with van der Waals surface area (Å²) in [7, 11) is 1.71. The van der Waals surface area contributed by atoms with E-state index in [9.17, 15) is 4.79 Å². The number of hydrogen-bond donors (Lipinski definition) is 1. The molecule has 2 fully saturated rings. The van der Waals surface area contributed by atoms with E-state index >= 15 is 0 Å². The van der Waals surface area contributed by atoms with Crippen LogP contribution in [0.2, 0.25) is 0 Å². The molecule has 2 aliphatic heterocycles. The highest BCUT2D eigenvalue weighted by Gasteiger charge is 2.37. The van der Waals surface area contributed by atoms with Crippen molar-refractivity contribution in [3.63, 3.8) is 0 Å². The van der Waals surface area contributed by atoms with E-state index in [1.807, 2.05) is 41.3 Å². The maximum Gasteiger partial charge on any atom is 0.317 e. The van der Waals surface area contributed by atoms with Gasteiger partial charge in [0.05, 0.1) is 7.11 Å². The molecule has 0 radical (unpaired) electrons. The minimum Gasteiger partial charge on any atom is -0.497 e. The normalized spacial score (nSPS) is 20.4. The lowest BCUT2D eigenvalue weighted by Gasteiger charge is -2.37. The molecule has 0 aromatic heterocycles. The minimum atomic E-state index is 0.0168. The number of rotatable bonds is 7. The molecule has 0 spiro atoms. The van der Waals surface area contributed by atoms with Gasteiger partial charge in [-0.05, 0) is 41.3 Å². The standard InChI is InChI=1S/C30H36N4O2/c1-36-28-14-8-11-25(19-28)29-23-34(30(35)31-20-24-9-4-2-5-10-24)22-26(29)21-32-15-17-33(18-16-32)27-12-6-3-7-13-27/h2-14,19,26,29H,15-18,20-23H2,1H3,(H,31,35). The van der Waals surface area contributed by atoms with Crippen LogP contribution in [-0.4, -0.2) is 68.8 Å². The number of ether oxygens (including phenoxy) is 1. The molecule has 2 amide bonds. The fourth-order valence-corrected chi connectivity index (χ4v) is 5.52. The zero-order chi connectivity index (χ0) is 24.7. The van der Waals surface area contributed by atoms with Crippen molar-refractivity contribution in [1.29, 1.82) is 0 Å². The SMILES string of the molecule is COc1cccc(C2CN(C(=O)NCc3ccccc3)CC2CN2CCN(c3ccccc3)CC2)c1. The maximum atomic E-state index is 13.1. The molecular formula is C30H36N4O2. The van der Waals surface area contributed by atoms with Crippen molar-refractivity contribution in [2.24, 2.45) is 5.92 Å².